The predicted octanol–water partition coefficient (Wildman–Crippen LogP) is 4.41. The van der Waals surface area contributed by atoms with Crippen LogP contribution in [0, 0.1) is 10.1 Å². The largest absolute Gasteiger partial charge is 0.348 e. The van der Waals surface area contributed by atoms with Gasteiger partial charge >= 0.3 is 5.69 Å². The molecule has 0 atom stereocenters. The topological polar surface area (TPSA) is 88.3 Å². The Morgan fingerprint density at radius 3 is 2.48 bits per heavy atom. The lowest BCUT2D eigenvalue weighted by atomic mass is 10.2. The van der Waals surface area contributed by atoms with E-state index in [0.29, 0.717) is 23.9 Å². The van der Waals surface area contributed by atoms with E-state index < -0.39 is 0 Å². The Kier molecular flexibility index (Phi) is 6.14. The number of piperazine rings is 1. The molecule has 8 nitrogen and oxygen atoms in total. The molecule has 0 radical (unpaired) electrons. The van der Waals surface area contributed by atoms with Crippen LogP contribution in [0.4, 0.5) is 11.5 Å². The second-order valence-electron chi connectivity index (χ2n) is 7.79. The summed E-state index contributed by atoms with van der Waals surface area (Å²) in [5.74, 6) is 0.380. The number of pyridine rings is 1. The highest BCUT2D eigenvalue weighted by molar-refractivity contribution is 7.99. The van der Waals surface area contributed by atoms with E-state index in [4.69, 9.17) is 0 Å². The second-order valence-corrected chi connectivity index (χ2v) is 8.82. The van der Waals surface area contributed by atoms with E-state index in [-0.39, 0.29) is 10.6 Å². The maximum absolute atomic E-state index is 12.1. The highest BCUT2D eigenvalue weighted by Crippen LogP contribution is 2.40. The number of rotatable bonds is 6. The summed E-state index contributed by atoms with van der Waals surface area (Å²) < 4.78 is 0. The van der Waals surface area contributed by atoms with E-state index >= 15 is 0 Å². The maximum atomic E-state index is 12.1. The highest BCUT2D eigenvalue weighted by atomic mass is 32.2. The molecule has 166 valence electrons. The molecule has 1 aliphatic heterocycles. The van der Waals surface area contributed by atoms with Crippen LogP contribution in [0.25, 0.3) is 10.9 Å². The van der Waals surface area contributed by atoms with Gasteiger partial charge in [-0.1, -0.05) is 60.3 Å². The molecule has 33 heavy (non-hydrogen) atoms. The Morgan fingerprint density at radius 1 is 0.909 bits per heavy atom. The number of benzene rings is 2. The molecular weight excluding hydrogens is 436 g/mol. The molecule has 1 fully saturated rings. The quantitative estimate of drug-likeness (QED) is 0.239. The van der Waals surface area contributed by atoms with Gasteiger partial charge in [-0.05, 0) is 17.7 Å². The van der Waals surface area contributed by atoms with Crippen LogP contribution >= 0.6 is 11.8 Å². The van der Waals surface area contributed by atoms with Gasteiger partial charge in [0.2, 0.25) is 5.82 Å². The van der Waals surface area contributed by atoms with E-state index in [2.05, 4.69) is 32.0 Å². The first-order valence-corrected chi connectivity index (χ1v) is 11.5. The van der Waals surface area contributed by atoms with Crippen LogP contribution in [0.5, 0.6) is 0 Å². The van der Waals surface area contributed by atoms with Crippen molar-refractivity contribution in [3.8, 4) is 0 Å². The molecular formula is C24H22N6O2S. The minimum Gasteiger partial charge on any atom is -0.348 e. The summed E-state index contributed by atoms with van der Waals surface area (Å²) in [5, 5.41) is 13.4. The van der Waals surface area contributed by atoms with Crippen LogP contribution in [0.2, 0.25) is 0 Å². The molecule has 2 aromatic carbocycles. The molecule has 4 aromatic rings. The Hall–Kier alpha value is -3.56. The highest BCUT2D eigenvalue weighted by Gasteiger charge is 2.30. The second kappa shape index (κ2) is 9.51. The normalized spacial score (nSPS) is 14.5. The third kappa shape index (κ3) is 4.64. The van der Waals surface area contributed by atoms with Gasteiger partial charge in [-0.2, -0.15) is 0 Å². The van der Waals surface area contributed by atoms with Crippen LogP contribution in [0.15, 0.2) is 83.1 Å². The zero-order valence-corrected chi connectivity index (χ0v) is 18.7. The summed E-state index contributed by atoms with van der Waals surface area (Å²) in [4.78, 5) is 30.0. The Balaban J connectivity index is 1.38. The van der Waals surface area contributed by atoms with E-state index in [1.54, 1.807) is 6.20 Å². The SMILES string of the molecule is O=[N+]([O-])c1c(Sc2cccc3cccnc23)ncnc1N1CCN(Cc2ccccc2)CC1. The van der Waals surface area contributed by atoms with Gasteiger partial charge in [0.25, 0.3) is 0 Å². The van der Waals surface area contributed by atoms with Crippen molar-refractivity contribution in [2.75, 3.05) is 31.1 Å². The monoisotopic (exact) mass is 458 g/mol. The van der Waals surface area contributed by atoms with Crippen LogP contribution < -0.4 is 4.90 Å². The summed E-state index contributed by atoms with van der Waals surface area (Å²) in [6.45, 7) is 3.84. The third-order valence-electron chi connectivity index (χ3n) is 5.68. The van der Waals surface area contributed by atoms with Gasteiger partial charge in [0.1, 0.15) is 6.33 Å². The fraction of sp³-hybridized carbons (Fsp3) is 0.208. The average molecular weight is 459 g/mol. The van der Waals surface area contributed by atoms with Crippen molar-refractivity contribution < 1.29 is 4.92 Å². The van der Waals surface area contributed by atoms with Gasteiger partial charge in [0.05, 0.1) is 10.4 Å². The predicted molar refractivity (Wildman–Crippen MR) is 128 cm³/mol. The number of para-hydroxylation sites is 1. The molecule has 3 heterocycles. The minimum absolute atomic E-state index is 0.0491. The first kappa shape index (κ1) is 21.3. The first-order valence-electron chi connectivity index (χ1n) is 10.7. The summed E-state index contributed by atoms with van der Waals surface area (Å²) in [6.07, 6.45) is 3.14. The molecule has 5 rings (SSSR count). The van der Waals surface area contributed by atoms with E-state index in [9.17, 15) is 10.1 Å². The Labute approximate surface area is 195 Å². The molecule has 0 aliphatic carbocycles. The molecule has 0 spiro atoms. The molecule has 0 unspecified atom stereocenters. The fourth-order valence-electron chi connectivity index (χ4n) is 4.04. The molecule has 1 aliphatic rings. The lowest BCUT2D eigenvalue weighted by Crippen LogP contribution is -2.46. The van der Waals surface area contributed by atoms with Gasteiger partial charge in [0.15, 0.2) is 5.03 Å². The van der Waals surface area contributed by atoms with Crippen molar-refractivity contribution in [1.82, 2.24) is 19.9 Å². The summed E-state index contributed by atoms with van der Waals surface area (Å²) >= 11 is 1.26. The van der Waals surface area contributed by atoms with Crippen molar-refractivity contribution in [2.24, 2.45) is 0 Å². The van der Waals surface area contributed by atoms with E-state index in [1.807, 2.05) is 53.4 Å². The minimum atomic E-state index is -0.368. The number of nitrogens with zero attached hydrogens (tertiary/aromatic N) is 6. The third-order valence-corrected chi connectivity index (χ3v) is 6.72. The number of hydrogen-bond acceptors (Lipinski definition) is 8. The molecule has 0 N–H and O–H groups in total. The Bertz CT molecular complexity index is 1270. The zero-order chi connectivity index (χ0) is 22.6. The standard InChI is InChI=1S/C24H22N6O2S/c31-30(32)22-23(29-14-12-28(13-15-29)16-18-6-2-1-3-7-18)26-17-27-24(22)33-20-10-4-8-19-9-5-11-25-21(19)20/h1-11,17H,12-16H2. The van der Waals surface area contributed by atoms with Gasteiger partial charge in [0, 0.05) is 49.2 Å². The Morgan fingerprint density at radius 2 is 1.70 bits per heavy atom. The molecule has 0 bridgehead atoms. The molecule has 0 saturated carbocycles. The molecule has 0 amide bonds. The smallest absolute Gasteiger partial charge is 0.343 e. The van der Waals surface area contributed by atoms with Crippen LogP contribution in [0.1, 0.15) is 5.56 Å². The number of anilines is 1. The van der Waals surface area contributed by atoms with Crippen LogP contribution in [-0.2, 0) is 6.54 Å². The molecule has 9 heteroatoms. The van der Waals surface area contributed by atoms with Gasteiger partial charge in [-0.15, -0.1) is 0 Å². The first-order chi connectivity index (χ1) is 16.2. The number of hydrogen-bond donors (Lipinski definition) is 0. The van der Waals surface area contributed by atoms with Gasteiger partial charge in [-0.3, -0.25) is 20.0 Å². The number of nitro groups is 1. The van der Waals surface area contributed by atoms with Gasteiger partial charge < -0.3 is 4.90 Å². The van der Waals surface area contributed by atoms with E-state index in [0.717, 1.165) is 35.4 Å². The van der Waals surface area contributed by atoms with Crippen molar-refractivity contribution in [1.29, 1.82) is 0 Å². The van der Waals surface area contributed by atoms with E-state index in [1.165, 1.54) is 23.7 Å². The summed E-state index contributed by atoms with van der Waals surface area (Å²) in [5.41, 5.74) is 2.02. The van der Waals surface area contributed by atoms with Crippen LogP contribution in [0.3, 0.4) is 0 Å². The molecule has 1 saturated heterocycles. The summed E-state index contributed by atoms with van der Waals surface area (Å²) in [6, 6.07) is 20.0. The van der Waals surface area contributed by atoms with Crippen molar-refractivity contribution in [3.63, 3.8) is 0 Å². The van der Waals surface area contributed by atoms with Gasteiger partial charge in [-0.25, -0.2) is 9.97 Å². The zero-order valence-electron chi connectivity index (χ0n) is 17.9. The van der Waals surface area contributed by atoms with Crippen molar-refractivity contribution >= 4 is 34.2 Å². The fourth-order valence-corrected chi connectivity index (χ4v) is 5.03. The van der Waals surface area contributed by atoms with Crippen LogP contribution in [-0.4, -0.2) is 51.0 Å². The maximum Gasteiger partial charge on any atom is 0.343 e. The number of fused-ring (bicyclic) bond motifs is 1. The summed E-state index contributed by atoms with van der Waals surface area (Å²) in [7, 11) is 0. The van der Waals surface area contributed by atoms with Crippen molar-refractivity contribution in [2.45, 2.75) is 16.5 Å². The lowest BCUT2D eigenvalue weighted by Gasteiger charge is -2.35. The lowest BCUT2D eigenvalue weighted by molar-refractivity contribution is -0.387. The average Bonchev–Trinajstić information content (AvgIpc) is 2.85. The number of aromatic nitrogens is 3. The molecule has 2 aromatic heterocycles. The van der Waals surface area contributed by atoms with Crippen molar-refractivity contribution in [3.05, 3.63) is 88.9 Å².